The Morgan fingerprint density at radius 2 is 2.16 bits per heavy atom. The number of anilines is 1. The van der Waals surface area contributed by atoms with Crippen LogP contribution in [0.15, 0.2) is 18.2 Å². The summed E-state index contributed by atoms with van der Waals surface area (Å²) < 4.78 is 0. The van der Waals surface area contributed by atoms with Gasteiger partial charge in [0.15, 0.2) is 0 Å². The van der Waals surface area contributed by atoms with Crippen LogP contribution in [0.4, 0.5) is 11.4 Å². The zero-order valence-electron chi connectivity index (χ0n) is 10.8. The van der Waals surface area contributed by atoms with Crippen molar-refractivity contribution in [3.8, 4) is 0 Å². The number of amides is 1. The van der Waals surface area contributed by atoms with Crippen molar-refractivity contribution in [1.29, 1.82) is 0 Å². The normalized spacial score (nSPS) is 9.58. The summed E-state index contributed by atoms with van der Waals surface area (Å²) in [7, 11) is 3.40. The van der Waals surface area contributed by atoms with E-state index >= 15 is 0 Å². The minimum Gasteiger partial charge on any atom is -0.393 e. The molecule has 0 aliphatic heterocycles. The van der Waals surface area contributed by atoms with Gasteiger partial charge in [-0.1, -0.05) is 6.07 Å². The average Bonchev–Trinajstić information content (AvgIpc) is 2.35. The van der Waals surface area contributed by atoms with E-state index in [1.165, 1.54) is 23.1 Å². The Bertz CT molecular complexity index is 467. The van der Waals surface area contributed by atoms with Crippen molar-refractivity contribution in [3.05, 3.63) is 33.9 Å². The van der Waals surface area contributed by atoms with Crippen molar-refractivity contribution < 1.29 is 9.72 Å². The first-order valence-electron chi connectivity index (χ1n) is 5.42. The monoisotopic (exact) mass is 288 g/mol. The number of hydrogen-bond donors (Lipinski definition) is 2. The van der Waals surface area contributed by atoms with Gasteiger partial charge in [0.1, 0.15) is 5.69 Å². The number of rotatable bonds is 5. The molecule has 0 aliphatic carbocycles. The highest BCUT2D eigenvalue weighted by Gasteiger charge is 2.20. The highest BCUT2D eigenvalue weighted by atomic mass is 35.5. The quantitative estimate of drug-likeness (QED) is 0.476. The number of nitrogens with zero attached hydrogens (tertiary/aromatic N) is 2. The molecule has 0 fully saturated rings. The second-order valence-electron chi connectivity index (χ2n) is 3.83. The van der Waals surface area contributed by atoms with Gasteiger partial charge in [-0.2, -0.15) is 0 Å². The fourth-order valence-electron chi connectivity index (χ4n) is 1.49. The van der Waals surface area contributed by atoms with Crippen molar-refractivity contribution in [2.24, 2.45) is 0 Å². The number of para-hydroxylation sites is 1. The van der Waals surface area contributed by atoms with Crippen molar-refractivity contribution >= 4 is 29.7 Å². The van der Waals surface area contributed by atoms with E-state index in [9.17, 15) is 14.9 Å². The van der Waals surface area contributed by atoms with Crippen molar-refractivity contribution in [2.45, 2.75) is 0 Å². The fraction of sp³-hybridized carbons (Fsp3) is 0.364. The Labute approximate surface area is 117 Å². The summed E-state index contributed by atoms with van der Waals surface area (Å²) >= 11 is 0. The molecule has 19 heavy (non-hydrogen) atoms. The Kier molecular flexibility index (Phi) is 6.81. The molecule has 0 bridgehead atoms. The fourth-order valence-corrected chi connectivity index (χ4v) is 1.49. The summed E-state index contributed by atoms with van der Waals surface area (Å²) in [4.78, 5) is 23.6. The molecule has 0 saturated carbocycles. The maximum Gasteiger partial charge on any atom is 0.292 e. The Balaban J connectivity index is 0.00000324. The van der Waals surface area contributed by atoms with E-state index in [0.29, 0.717) is 13.1 Å². The molecule has 0 saturated heterocycles. The second-order valence-corrected chi connectivity index (χ2v) is 3.83. The number of carbonyl (C=O) groups is 1. The molecular formula is C11H17ClN4O3. The topological polar surface area (TPSA) is 102 Å². The molecule has 7 nitrogen and oxygen atoms in total. The molecule has 0 radical (unpaired) electrons. The van der Waals surface area contributed by atoms with E-state index in [1.807, 2.05) is 0 Å². The number of hydrogen-bond acceptors (Lipinski definition) is 5. The number of carbonyl (C=O) groups excluding carboxylic acids is 1. The largest absolute Gasteiger partial charge is 0.393 e. The van der Waals surface area contributed by atoms with Crippen molar-refractivity contribution in [3.63, 3.8) is 0 Å². The lowest BCUT2D eigenvalue weighted by Gasteiger charge is -2.17. The molecule has 1 aromatic rings. The average molecular weight is 289 g/mol. The van der Waals surface area contributed by atoms with Gasteiger partial charge in [0.2, 0.25) is 0 Å². The highest BCUT2D eigenvalue weighted by Crippen LogP contribution is 2.25. The molecule has 106 valence electrons. The van der Waals surface area contributed by atoms with Gasteiger partial charge in [-0.25, -0.2) is 0 Å². The third-order valence-electron chi connectivity index (χ3n) is 2.55. The molecule has 0 aromatic heterocycles. The lowest BCUT2D eigenvalue weighted by atomic mass is 10.1. The van der Waals surface area contributed by atoms with Crippen LogP contribution in [-0.4, -0.2) is 42.9 Å². The van der Waals surface area contributed by atoms with Gasteiger partial charge in [0, 0.05) is 26.2 Å². The van der Waals surface area contributed by atoms with Crippen molar-refractivity contribution in [2.75, 3.05) is 32.9 Å². The number of nitrogens with two attached hydrogens (primary N) is 1. The zero-order chi connectivity index (χ0) is 13.7. The summed E-state index contributed by atoms with van der Waals surface area (Å²) in [5.41, 5.74) is 5.46. The van der Waals surface area contributed by atoms with Crippen molar-refractivity contribution in [1.82, 2.24) is 10.2 Å². The summed E-state index contributed by atoms with van der Waals surface area (Å²) in [6.07, 6.45) is 0. The van der Waals surface area contributed by atoms with E-state index in [1.54, 1.807) is 14.1 Å². The molecule has 3 N–H and O–H groups in total. The van der Waals surface area contributed by atoms with Gasteiger partial charge >= 0.3 is 0 Å². The molecule has 0 heterocycles. The molecule has 0 aliphatic rings. The van der Waals surface area contributed by atoms with Crippen LogP contribution < -0.4 is 11.1 Å². The number of benzene rings is 1. The molecule has 1 amide bonds. The van der Waals surface area contributed by atoms with Crippen LogP contribution in [0.25, 0.3) is 0 Å². The number of nitro benzene ring substituents is 1. The SMILES string of the molecule is CNCCN(C)C(=O)c1cccc([N+](=O)[O-])c1N.Cl. The van der Waals surface area contributed by atoms with E-state index in [-0.39, 0.29) is 35.3 Å². The summed E-state index contributed by atoms with van der Waals surface area (Å²) in [5.74, 6) is -0.327. The number of nitro groups is 1. The highest BCUT2D eigenvalue weighted by molar-refractivity contribution is 6.00. The maximum atomic E-state index is 12.0. The summed E-state index contributed by atoms with van der Waals surface area (Å²) in [5, 5.41) is 13.6. The van der Waals surface area contributed by atoms with Gasteiger partial charge in [0.05, 0.1) is 10.5 Å². The number of likely N-dealkylation sites (N-methyl/N-ethyl adjacent to an activating group) is 2. The van der Waals surface area contributed by atoms with Gasteiger partial charge in [-0.3, -0.25) is 14.9 Å². The third kappa shape index (κ3) is 4.08. The summed E-state index contributed by atoms with van der Waals surface area (Å²) in [6.45, 7) is 1.13. The minimum absolute atomic E-state index is 0. The van der Waals surface area contributed by atoms with Crippen LogP contribution in [0.3, 0.4) is 0 Å². The lowest BCUT2D eigenvalue weighted by molar-refractivity contribution is -0.383. The van der Waals surface area contributed by atoms with E-state index in [2.05, 4.69) is 5.32 Å². The Morgan fingerprint density at radius 3 is 2.68 bits per heavy atom. The van der Waals surface area contributed by atoms with Gasteiger partial charge in [-0.15, -0.1) is 12.4 Å². The Morgan fingerprint density at radius 1 is 1.53 bits per heavy atom. The first-order valence-corrected chi connectivity index (χ1v) is 5.42. The molecule has 1 aromatic carbocycles. The number of halogens is 1. The number of nitrogens with one attached hydrogen (secondary N) is 1. The Hall–Kier alpha value is -1.86. The first kappa shape index (κ1) is 17.1. The molecular weight excluding hydrogens is 272 g/mol. The molecule has 1 rings (SSSR count). The van der Waals surface area contributed by atoms with Gasteiger partial charge in [-0.05, 0) is 13.1 Å². The molecule has 8 heteroatoms. The maximum absolute atomic E-state index is 12.0. The predicted molar refractivity (Wildman–Crippen MR) is 75.6 cm³/mol. The smallest absolute Gasteiger partial charge is 0.292 e. The van der Waals surface area contributed by atoms with Crippen LogP contribution in [0, 0.1) is 10.1 Å². The predicted octanol–water partition coefficient (Wildman–Crippen LogP) is 0.890. The minimum atomic E-state index is -0.598. The first-order chi connectivity index (χ1) is 8.49. The van der Waals surface area contributed by atoms with Crippen LogP contribution >= 0.6 is 12.4 Å². The summed E-state index contributed by atoms with van der Waals surface area (Å²) in [6, 6.07) is 4.22. The van der Waals surface area contributed by atoms with E-state index in [4.69, 9.17) is 5.73 Å². The van der Waals surface area contributed by atoms with Crippen LogP contribution in [0.1, 0.15) is 10.4 Å². The van der Waals surface area contributed by atoms with Crippen LogP contribution in [0.5, 0.6) is 0 Å². The molecule has 0 spiro atoms. The van der Waals surface area contributed by atoms with E-state index in [0.717, 1.165) is 0 Å². The van der Waals surface area contributed by atoms with Crippen LogP contribution in [-0.2, 0) is 0 Å². The van der Waals surface area contributed by atoms with Gasteiger partial charge in [0.25, 0.3) is 11.6 Å². The standard InChI is InChI=1S/C11H16N4O3.ClH/c1-13-6-7-14(2)11(16)8-4-3-5-9(10(8)12)15(17)18;/h3-5,13H,6-7,12H2,1-2H3;1H. The molecule has 0 unspecified atom stereocenters. The molecule has 0 atom stereocenters. The third-order valence-corrected chi connectivity index (χ3v) is 2.55. The second kappa shape index (κ2) is 7.55. The number of nitrogen functional groups attached to an aromatic ring is 1. The van der Waals surface area contributed by atoms with Crippen LogP contribution in [0.2, 0.25) is 0 Å². The zero-order valence-corrected chi connectivity index (χ0v) is 11.6. The van der Waals surface area contributed by atoms with Gasteiger partial charge < -0.3 is 16.0 Å². The van der Waals surface area contributed by atoms with E-state index < -0.39 is 4.92 Å². The lowest BCUT2D eigenvalue weighted by Crippen LogP contribution is -2.33.